The number of aromatic nitrogens is 3. The van der Waals surface area contributed by atoms with Crippen LogP contribution in [0.1, 0.15) is 23.0 Å². The van der Waals surface area contributed by atoms with Crippen molar-refractivity contribution in [3.8, 4) is 0 Å². The summed E-state index contributed by atoms with van der Waals surface area (Å²) in [7, 11) is 0. The number of hydrogen-bond donors (Lipinski definition) is 2. The number of thioether (sulfide) groups is 1. The number of benzene rings is 2. The van der Waals surface area contributed by atoms with E-state index in [1.54, 1.807) is 0 Å². The van der Waals surface area contributed by atoms with Gasteiger partial charge in [0, 0.05) is 15.4 Å². The van der Waals surface area contributed by atoms with E-state index in [-0.39, 0.29) is 6.04 Å². The van der Waals surface area contributed by atoms with Crippen LogP contribution in [0.5, 0.6) is 0 Å². The highest BCUT2D eigenvalue weighted by molar-refractivity contribution is 9.10. The summed E-state index contributed by atoms with van der Waals surface area (Å²) >= 11 is 5.00. The van der Waals surface area contributed by atoms with Gasteiger partial charge in [-0.2, -0.15) is 0 Å². The Hall–Kier alpha value is -2.09. The highest BCUT2D eigenvalue weighted by Crippen LogP contribution is 2.30. The van der Waals surface area contributed by atoms with Crippen molar-refractivity contribution in [1.29, 1.82) is 0 Å². The van der Waals surface area contributed by atoms with Crippen LogP contribution in [-0.2, 0) is 6.42 Å². The fourth-order valence-corrected chi connectivity index (χ4v) is 3.69. The summed E-state index contributed by atoms with van der Waals surface area (Å²) in [6.45, 7) is 0. The smallest absolute Gasteiger partial charge is 0.214 e. The second kappa shape index (κ2) is 7.03. The second-order valence-electron chi connectivity index (χ2n) is 5.74. The molecule has 1 aromatic heterocycles. The quantitative estimate of drug-likeness (QED) is 0.677. The summed E-state index contributed by atoms with van der Waals surface area (Å²) in [6.07, 6.45) is 0.711. The number of halogens is 1. The van der Waals surface area contributed by atoms with Crippen LogP contribution in [0.2, 0.25) is 0 Å². The molecule has 0 aliphatic carbocycles. The zero-order valence-corrected chi connectivity index (χ0v) is 15.7. The normalized spacial score (nSPS) is 14.4. The number of rotatable bonds is 4. The van der Waals surface area contributed by atoms with E-state index >= 15 is 0 Å². The summed E-state index contributed by atoms with van der Waals surface area (Å²) in [5.41, 5.74) is 13.1. The minimum Gasteiger partial charge on any atom is -0.321 e. The maximum atomic E-state index is 6.40. The zero-order chi connectivity index (χ0) is 17.2. The molecule has 0 spiro atoms. The molecule has 2 heterocycles. The molecule has 0 fully saturated rings. The van der Waals surface area contributed by atoms with Crippen molar-refractivity contribution in [3.05, 3.63) is 81.4 Å². The van der Waals surface area contributed by atoms with Crippen LogP contribution < -0.4 is 11.2 Å². The fraction of sp³-hybridized carbons (Fsp3) is 0.111. The van der Waals surface area contributed by atoms with Crippen molar-refractivity contribution in [1.82, 2.24) is 14.9 Å². The lowest BCUT2D eigenvalue weighted by atomic mass is 10.1. The average Bonchev–Trinajstić information content (AvgIpc) is 3.06. The van der Waals surface area contributed by atoms with Crippen molar-refractivity contribution < 1.29 is 0 Å². The topological polar surface area (TPSA) is 68.8 Å². The minimum absolute atomic E-state index is 0.235. The van der Waals surface area contributed by atoms with Gasteiger partial charge in [-0.15, -0.1) is 10.2 Å². The third-order valence-corrected chi connectivity index (χ3v) is 5.32. The SMILES string of the molecule is N[C@@H](Cc1ccccc1)c1nnc2n1NC(c1ccc(Br)cc1)=CS2. The highest BCUT2D eigenvalue weighted by Gasteiger charge is 2.22. The van der Waals surface area contributed by atoms with Crippen molar-refractivity contribution in [3.63, 3.8) is 0 Å². The van der Waals surface area contributed by atoms with Gasteiger partial charge in [0.2, 0.25) is 5.16 Å². The van der Waals surface area contributed by atoms with Crippen molar-refractivity contribution in [2.24, 2.45) is 5.73 Å². The number of fused-ring (bicyclic) bond motifs is 1. The third kappa shape index (κ3) is 3.49. The molecule has 1 atom stereocenters. The van der Waals surface area contributed by atoms with Crippen LogP contribution in [0.4, 0.5) is 0 Å². The van der Waals surface area contributed by atoms with Gasteiger partial charge in [0.15, 0.2) is 5.82 Å². The van der Waals surface area contributed by atoms with Gasteiger partial charge in [0.25, 0.3) is 0 Å². The molecule has 5 nitrogen and oxygen atoms in total. The Morgan fingerprint density at radius 2 is 1.84 bits per heavy atom. The van der Waals surface area contributed by atoms with Crippen LogP contribution in [-0.4, -0.2) is 14.9 Å². The minimum atomic E-state index is -0.235. The van der Waals surface area contributed by atoms with Crippen LogP contribution in [0.3, 0.4) is 0 Å². The van der Waals surface area contributed by atoms with E-state index in [2.05, 4.69) is 55.8 Å². The molecular weight excluding hydrogens is 398 g/mol. The number of nitrogens with two attached hydrogens (primary N) is 1. The van der Waals surface area contributed by atoms with E-state index in [1.165, 1.54) is 17.3 Å². The van der Waals surface area contributed by atoms with Crippen LogP contribution in [0.15, 0.2) is 69.6 Å². The Morgan fingerprint density at radius 1 is 1.08 bits per heavy atom. The Kier molecular flexibility index (Phi) is 4.61. The van der Waals surface area contributed by atoms with Crippen LogP contribution in [0.25, 0.3) is 5.70 Å². The van der Waals surface area contributed by atoms with Gasteiger partial charge in [0.1, 0.15) is 0 Å². The van der Waals surface area contributed by atoms with Crippen LogP contribution >= 0.6 is 27.7 Å². The monoisotopic (exact) mass is 413 g/mol. The summed E-state index contributed by atoms with van der Waals surface area (Å²) in [5.74, 6) is 0.731. The molecule has 0 saturated carbocycles. The molecule has 126 valence electrons. The molecule has 0 unspecified atom stereocenters. The summed E-state index contributed by atoms with van der Waals surface area (Å²) in [6, 6.07) is 18.1. The lowest BCUT2D eigenvalue weighted by Gasteiger charge is -2.21. The first-order valence-corrected chi connectivity index (χ1v) is 9.52. The predicted molar refractivity (Wildman–Crippen MR) is 104 cm³/mol. The molecule has 0 bridgehead atoms. The van der Waals surface area contributed by atoms with Gasteiger partial charge >= 0.3 is 0 Å². The average molecular weight is 414 g/mol. The first kappa shape index (κ1) is 16.4. The summed E-state index contributed by atoms with van der Waals surface area (Å²) in [4.78, 5) is 0. The molecule has 3 aromatic rings. The molecule has 3 N–H and O–H groups in total. The Bertz CT molecular complexity index is 905. The third-order valence-electron chi connectivity index (χ3n) is 3.96. The molecule has 4 rings (SSSR count). The van der Waals surface area contributed by atoms with E-state index in [1.807, 2.05) is 40.4 Å². The Balaban J connectivity index is 1.57. The van der Waals surface area contributed by atoms with E-state index < -0.39 is 0 Å². The van der Waals surface area contributed by atoms with E-state index in [0.717, 1.165) is 26.7 Å². The molecule has 0 saturated heterocycles. The second-order valence-corrected chi connectivity index (χ2v) is 7.49. The summed E-state index contributed by atoms with van der Waals surface area (Å²) in [5, 5.41) is 11.4. The maximum absolute atomic E-state index is 6.40. The first-order chi connectivity index (χ1) is 12.2. The molecular formula is C18H16BrN5S. The lowest BCUT2D eigenvalue weighted by molar-refractivity contribution is 0.627. The predicted octanol–water partition coefficient (Wildman–Crippen LogP) is 3.93. The molecule has 25 heavy (non-hydrogen) atoms. The van der Waals surface area contributed by atoms with E-state index in [0.29, 0.717) is 6.42 Å². The van der Waals surface area contributed by atoms with E-state index in [9.17, 15) is 0 Å². The van der Waals surface area contributed by atoms with Crippen molar-refractivity contribution in [2.75, 3.05) is 5.43 Å². The summed E-state index contributed by atoms with van der Waals surface area (Å²) < 4.78 is 2.94. The largest absolute Gasteiger partial charge is 0.321 e. The molecule has 0 amide bonds. The zero-order valence-electron chi connectivity index (χ0n) is 13.3. The standard InChI is InChI=1S/C18H16BrN5S/c19-14-8-6-13(7-9-14)16-11-25-18-22-21-17(24(18)23-16)15(20)10-12-4-2-1-3-5-12/h1-9,11,15,23H,10,20H2/t15-/m0/s1. The van der Waals surface area contributed by atoms with Gasteiger partial charge in [-0.1, -0.05) is 70.2 Å². The Labute approximate surface area is 158 Å². The number of nitrogens with zero attached hydrogens (tertiary/aromatic N) is 3. The fourth-order valence-electron chi connectivity index (χ4n) is 2.68. The van der Waals surface area contributed by atoms with Gasteiger partial charge in [-0.25, -0.2) is 4.68 Å². The molecule has 1 aliphatic heterocycles. The van der Waals surface area contributed by atoms with Crippen molar-refractivity contribution in [2.45, 2.75) is 17.6 Å². The van der Waals surface area contributed by atoms with E-state index in [4.69, 9.17) is 5.73 Å². The molecule has 7 heteroatoms. The highest BCUT2D eigenvalue weighted by atomic mass is 79.9. The van der Waals surface area contributed by atoms with Crippen LogP contribution in [0, 0.1) is 0 Å². The van der Waals surface area contributed by atoms with Gasteiger partial charge < -0.3 is 5.73 Å². The Morgan fingerprint density at radius 3 is 2.60 bits per heavy atom. The van der Waals surface area contributed by atoms with Crippen molar-refractivity contribution >= 4 is 33.4 Å². The number of hydrogen-bond acceptors (Lipinski definition) is 5. The van der Waals surface area contributed by atoms with Gasteiger partial charge in [-0.3, -0.25) is 5.43 Å². The maximum Gasteiger partial charge on any atom is 0.214 e. The van der Waals surface area contributed by atoms with Gasteiger partial charge in [0.05, 0.1) is 11.7 Å². The lowest BCUT2D eigenvalue weighted by Crippen LogP contribution is -2.25. The van der Waals surface area contributed by atoms with Gasteiger partial charge in [-0.05, 0) is 24.1 Å². The first-order valence-electron chi connectivity index (χ1n) is 7.85. The molecule has 0 radical (unpaired) electrons. The number of nitrogens with one attached hydrogen (secondary N) is 1. The molecule has 2 aromatic carbocycles. The molecule has 1 aliphatic rings.